The van der Waals surface area contributed by atoms with Crippen molar-refractivity contribution < 1.29 is 9.59 Å². The number of carbonyl (C=O) groups excluding carboxylic acids is 2. The Bertz CT molecular complexity index is 1440. The van der Waals surface area contributed by atoms with Crippen molar-refractivity contribution in [1.29, 1.82) is 0 Å². The number of amides is 1. The number of carbonyl (C=O) groups is 2. The van der Waals surface area contributed by atoms with Crippen molar-refractivity contribution in [2.45, 2.75) is 77.3 Å². The molecule has 1 aliphatic heterocycles. The van der Waals surface area contributed by atoms with Crippen molar-refractivity contribution in [3.8, 4) is 0 Å². The Balaban J connectivity index is 0.000000367. The second-order valence-electron chi connectivity index (χ2n) is 12.6. The minimum absolute atomic E-state index is 0.0122. The third kappa shape index (κ3) is 8.21. The van der Waals surface area contributed by atoms with Crippen LogP contribution in [0.25, 0.3) is 10.8 Å². The average molecular weight is 590 g/mol. The SMILES string of the molecule is CC(=O)CC1CN(C(=O)c2cncc3ccccc23)CCN1C(c1ccccc1)c1ccccc1.CC1CCCCCCC1. The van der Waals surface area contributed by atoms with E-state index in [0.29, 0.717) is 31.6 Å². The zero-order valence-corrected chi connectivity index (χ0v) is 26.4. The van der Waals surface area contributed by atoms with Crippen molar-refractivity contribution in [1.82, 2.24) is 14.8 Å². The second kappa shape index (κ2) is 15.8. The topological polar surface area (TPSA) is 53.5 Å². The predicted octanol–water partition coefficient (Wildman–Crippen LogP) is 8.50. The third-order valence-electron chi connectivity index (χ3n) is 9.19. The Morgan fingerprint density at radius 1 is 0.773 bits per heavy atom. The fourth-order valence-electron chi connectivity index (χ4n) is 6.87. The maximum atomic E-state index is 13.6. The van der Waals surface area contributed by atoms with Crippen molar-refractivity contribution in [2.75, 3.05) is 19.6 Å². The van der Waals surface area contributed by atoms with Gasteiger partial charge in [-0.3, -0.25) is 19.5 Å². The smallest absolute Gasteiger partial charge is 0.256 e. The lowest BCUT2D eigenvalue weighted by Crippen LogP contribution is -2.56. The molecule has 0 spiro atoms. The Morgan fingerprint density at radius 2 is 1.36 bits per heavy atom. The highest BCUT2D eigenvalue weighted by Crippen LogP contribution is 2.33. The molecule has 230 valence electrons. The van der Waals surface area contributed by atoms with Gasteiger partial charge in [-0.25, -0.2) is 0 Å². The molecule has 0 bridgehead atoms. The van der Waals surface area contributed by atoms with Crippen molar-refractivity contribution >= 4 is 22.5 Å². The van der Waals surface area contributed by atoms with Crippen LogP contribution < -0.4 is 0 Å². The monoisotopic (exact) mass is 589 g/mol. The standard InChI is InChI=1S/C30H29N3O2.C9H18/c1-22(34)18-26-21-32(30(35)28-20-31-19-25-14-8-9-15-27(25)28)16-17-33(26)29(23-10-4-2-5-11-23)24-12-6-3-7-13-24;1-9-7-5-3-2-4-6-8-9/h2-15,19-20,26,29H,16-18,21H2,1H3;9H,2-8H2,1H3. The lowest BCUT2D eigenvalue weighted by Gasteiger charge is -2.45. The number of fused-ring (bicyclic) bond motifs is 1. The van der Waals surface area contributed by atoms with Crippen LogP contribution in [0.2, 0.25) is 0 Å². The van der Waals surface area contributed by atoms with Gasteiger partial charge in [0.05, 0.1) is 11.6 Å². The normalized spacial score (nSPS) is 18.2. The van der Waals surface area contributed by atoms with Crippen molar-refractivity contribution in [3.63, 3.8) is 0 Å². The fraction of sp³-hybridized carbons (Fsp3) is 0.410. The first kappa shape index (κ1) is 31.6. The highest BCUT2D eigenvalue weighted by molar-refractivity contribution is 6.06. The predicted molar refractivity (Wildman–Crippen MR) is 180 cm³/mol. The maximum Gasteiger partial charge on any atom is 0.256 e. The first-order valence-electron chi connectivity index (χ1n) is 16.5. The number of nitrogens with zero attached hydrogens (tertiary/aromatic N) is 3. The Hall–Kier alpha value is -3.83. The Morgan fingerprint density at radius 3 is 2.00 bits per heavy atom. The van der Waals surface area contributed by atoms with Crippen LogP contribution in [-0.2, 0) is 4.79 Å². The van der Waals surface area contributed by atoms with Crippen molar-refractivity contribution in [2.24, 2.45) is 5.92 Å². The van der Waals surface area contributed by atoms with Crippen LogP contribution >= 0.6 is 0 Å². The molecular formula is C39H47N3O2. The summed E-state index contributed by atoms with van der Waals surface area (Å²) in [5.41, 5.74) is 2.98. The van der Waals surface area contributed by atoms with Crippen molar-refractivity contribution in [3.05, 3.63) is 114 Å². The molecule has 44 heavy (non-hydrogen) atoms. The number of aromatic nitrogens is 1. The molecule has 5 heteroatoms. The molecule has 1 saturated heterocycles. The average Bonchev–Trinajstić information content (AvgIpc) is 3.04. The molecule has 5 nitrogen and oxygen atoms in total. The van der Waals surface area contributed by atoms with Gasteiger partial charge in [0.15, 0.2) is 0 Å². The van der Waals surface area contributed by atoms with Gasteiger partial charge in [-0.15, -0.1) is 0 Å². The summed E-state index contributed by atoms with van der Waals surface area (Å²) < 4.78 is 0. The summed E-state index contributed by atoms with van der Waals surface area (Å²) in [6, 6.07) is 28.6. The highest BCUT2D eigenvalue weighted by atomic mass is 16.2. The summed E-state index contributed by atoms with van der Waals surface area (Å²) in [5, 5.41) is 1.86. The van der Waals surface area contributed by atoms with Gasteiger partial charge >= 0.3 is 0 Å². The third-order valence-corrected chi connectivity index (χ3v) is 9.19. The number of benzene rings is 3. The van der Waals surface area contributed by atoms with Crippen LogP contribution in [0.4, 0.5) is 0 Å². The molecular weight excluding hydrogens is 542 g/mol. The molecule has 1 atom stereocenters. The van der Waals surface area contributed by atoms with E-state index in [4.69, 9.17) is 0 Å². The largest absolute Gasteiger partial charge is 0.336 e. The van der Waals surface area contributed by atoms with E-state index in [2.05, 4.69) is 65.3 Å². The molecule has 1 saturated carbocycles. The number of rotatable bonds is 6. The number of pyridine rings is 1. The molecule has 4 aromatic rings. The quantitative estimate of drug-likeness (QED) is 0.226. The fourth-order valence-corrected chi connectivity index (χ4v) is 6.87. The molecule has 1 aliphatic carbocycles. The maximum absolute atomic E-state index is 13.6. The van der Waals surface area contributed by atoms with E-state index < -0.39 is 0 Å². The molecule has 2 heterocycles. The highest BCUT2D eigenvalue weighted by Gasteiger charge is 2.36. The minimum atomic E-state index is -0.0847. The number of Topliss-reactive ketones (excluding diaryl/α,β-unsaturated/α-hetero) is 1. The first-order valence-corrected chi connectivity index (χ1v) is 16.5. The van der Waals surface area contributed by atoms with Gasteiger partial charge in [-0.1, -0.05) is 137 Å². The number of hydrogen-bond acceptors (Lipinski definition) is 4. The lowest BCUT2D eigenvalue weighted by molar-refractivity contribution is -0.119. The molecule has 0 radical (unpaired) electrons. The van der Waals surface area contributed by atoms with Gasteiger partial charge in [-0.05, 0) is 29.4 Å². The van der Waals surface area contributed by atoms with Crippen LogP contribution in [0, 0.1) is 5.92 Å². The Kier molecular flexibility index (Phi) is 11.3. The van der Waals surface area contributed by atoms with E-state index in [1.807, 2.05) is 41.3 Å². The van der Waals surface area contributed by atoms with Gasteiger partial charge < -0.3 is 4.90 Å². The number of piperazine rings is 1. The molecule has 0 N–H and O–H groups in total. The van der Waals surface area contributed by atoms with Gasteiger partial charge in [0, 0.05) is 49.9 Å². The summed E-state index contributed by atoms with van der Waals surface area (Å²) in [7, 11) is 0. The van der Waals surface area contributed by atoms with E-state index in [-0.39, 0.29) is 23.8 Å². The molecule has 1 unspecified atom stereocenters. The van der Waals surface area contributed by atoms with Gasteiger partial charge in [-0.2, -0.15) is 0 Å². The van der Waals surface area contributed by atoms with E-state index >= 15 is 0 Å². The molecule has 1 aromatic heterocycles. The lowest BCUT2D eigenvalue weighted by atomic mass is 9.93. The molecule has 2 aliphatic rings. The van der Waals surface area contributed by atoms with E-state index in [9.17, 15) is 9.59 Å². The van der Waals surface area contributed by atoms with Crippen LogP contribution in [0.3, 0.4) is 0 Å². The van der Waals surface area contributed by atoms with E-state index in [0.717, 1.165) is 16.7 Å². The summed E-state index contributed by atoms with van der Waals surface area (Å²) in [6.45, 7) is 5.79. The summed E-state index contributed by atoms with van der Waals surface area (Å²) >= 11 is 0. The van der Waals surface area contributed by atoms with E-state index in [1.54, 1.807) is 19.3 Å². The van der Waals surface area contributed by atoms with Gasteiger partial charge in [0.1, 0.15) is 5.78 Å². The summed E-state index contributed by atoms with van der Waals surface area (Å²) in [6.07, 6.45) is 14.3. The van der Waals surface area contributed by atoms with Gasteiger partial charge in [0.2, 0.25) is 0 Å². The first-order chi connectivity index (χ1) is 21.5. The van der Waals surface area contributed by atoms with Crippen LogP contribution in [-0.4, -0.2) is 52.2 Å². The van der Waals surface area contributed by atoms with E-state index in [1.165, 1.54) is 56.1 Å². The van der Waals surface area contributed by atoms with Crippen LogP contribution in [0.5, 0.6) is 0 Å². The molecule has 3 aromatic carbocycles. The molecule has 1 amide bonds. The molecule has 6 rings (SSSR count). The summed E-state index contributed by atoms with van der Waals surface area (Å²) in [4.78, 5) is 34.6. The Labute approximate surface area is 263 Å². The van der Waals surface area contributed by atoms with Crippen LogP contribution in [0.1, 0.15) is 92.7 Å². The minimum Gasteiger partial charge on any atom is -0.336 e. The molecule has 2 fully saturated rings. The zero-order valence-electron chi connectivity index (χ0n) is 26.4. The second-order valence-corrected chi connectivity index (χ2v) is 12.6. The van der Waals surface area contributed by atoms with Crippen LogP contribution in [0.15, 0.2) is 97.3 Å². The van der Waals surface area contributed by atoms with Gasteiger partial charge in [0.25, 0.3) is 5.91 Å². The number of hydrogen-bond donors (Lipinski definition) is 0. The zero-order chi connectivity index (χ0) is 30.7. The summed E-state index contributed by atoms with van der Waals surface area (Å²) in [5.74, 6) is 1.12. The number of ketones is 1.